The molecule has 7 heteroatoms. The Labute approximate surface area is 154 Å². The first-order chi connectivity index (χ1) is 12.4. The zero-order chi connectivity index (χ0) is 18.4. The van der Waals surface area contributed by atoms with Gasteiger partial charge in [0.2, 0.25) is 4.96 Å². The molecule has 0 radical (unpaired) electrons. The second kappa shape index (κ2) is 6.17. The van der Waals surface area contributed by atoms with Crippen molar-refractivity contribution in [1.29, 1.82) is 0 Å². The number of aryl methyl sites for hydroxylation is 3. The summed E-state index contributed by atoms with van der Waals surface area (Å²) in [6.07, 6.45) is 1.85. The molecular weight excluding hydrogens is 346 g/mol. The first-order valence-corrected chi connectivity index (χ1v) is 9.29. The van der Waals surface area contributed by atoms with Crippen molar-refractivity contribution >= 4 is 33.1 Å². The third kappa shape index (κ3) is 2.74. The number of carbonyl (C=O) groups excluding carboxylic acids is 1. The summed E-state index contributed by atoms with van der Waals surface area (Å²) in [5, 5.41) is 8.10. The topological polar surface area (TPSA) is 72.2 Å². The lowest BCUT2D eigenvalue weighted by molar-refractivity contribution is 0.0940. The monoisotopic (exact) mass is 365 g/mol. The van der Waals surface area contributed by atoms with Crippen LogP contribution in [0.5, 0.6) is 0 Å². The molecule has 0 aliphatic carbocycles. The maximum atomic E-state index is 13.0. The molecule has 0 fully saturated rings. The van der Waals surface area contributed by atoms with Crippen LogP contribution in [0.1, 0.15) is 45.8 Å². The van der Waals surface area contributed by atoms with E-state index in [1.54, 1.807) is 10.0 Å². The molecular formula is C19H19N5OS. The van der Waals surface area contributed by atoms with Crippen molar-refractivity contribution in [3.8, 4) is 0 Å². The number of benzene rings is 1. The fourth-order valence-electron chi connectivity index (χ4n) is 3.06. The van der Waals surface area contributed by atoms with Gasteiger partial charge in [-0.25, -0.2) is 9.50 Å². The summed E-state index contributed by atoms with van der Waals surface area (Å²) in [6, 6.07) is 5.63. The van der Waals surface area contributed by atoms with Gasteiger partial charge in [0.05, 0.1) is 29.0 Å². The van der Waals surface area contributed by atoms with E-state index in [2.05, 4.69) is 27.3 Å². The van der Waals surface area contributed by atoms with Crippen LogP contribution in [0.2, 0.25) is 0 Å². The number of aromatic nitrogens is 4. The van der Waals surface area contributed by atoms with Gasteiger partial charge in [-0.3, -0.25) is 9.78 Å². The van der Waals surface area contributed by atoms with E-state index in [9.17, 15) is 4.79 Å². The highest BCUT2D eigenvalue weighted by molar-refractivity contribution is 7.14. The highest BCUT2D eigenvalue weighted by Crippen LogP contribution is 2.25. The van der Waals surface area contributed by atoms with Crippen molar-refractivity contribution in [3.05, 3.63) is 58.0 Å². The number of fused-ring (bicyclic) bond motifs is 2. The molecule has 0 saturated carbocycles. The SMILES string of the molecule is Cc1cc(C(=O)N[C@H](C)c2cn3ncsc3n2)c2ccc(C)c(C)c2n1. The van der Waals surface area contributed by atoms with Gasteiger partial charge in [0.1, 0.15) is 5.51 Å². The molecule has 3 heterocycles. The largest absolute Gasteiger partial charge is 0.344 e. The van der Waals surface area contributed by atoms with E-state index in [0.29, 0.717) is 5.56 Å². The molecule has 26 heavy (non-hydrogen) atoms. The van der Waals surface area contributed by atoms with E-state index < -0.39 is 0 Å². The van der Waals surface area contributed by atoms with Gasteiger partial charge >= 0.3 is 0 Å². The van der Waals surface area contributed by atoms with E-state index >= 15 is 0 Å². The van der Waals surface area contributed by atoms with E-state index in [0.717, 1.165) is 32.8 Å². The predicted molar refractivity (Wildman–Crippen MR) is 103 cm³/mol. The second-order valence-electron chi connectivity index (χ2n) is 6.54. The highest BCUT2D eigenvalue weighted by Gasteiger charge is 2.18. The third-order valence-electron chi connectivity index (χ3n) is 4.67. The van der Waals surface area contributed by atoms with Gasteiger partial charge in [-0.2, -0.15) is 5.10 Å². The van der Waals surface area contributed by atoms with Crippen molar-refractivity contribution in [3.63, 3.8) is 0 Å². The van der Waals surface area contributed by atoms with Crippen molar-refractivity contribution in [2.24, 2.45) is 0 Å². The lowest BCUT2D eigenvalue weighted by Gasteiger charge is -2.14. The number of rotatable bonds is 3. The Morgan fingerprint density at radius 3 is 2.81 bits per heavy atom. The number of hydrogen-bond acceptors (Lipinski definition) is 5. The lowest BCUT2D eigenvalue weighted by atomic mass is 10.0. The fourth-order valence-corrected chi connectivity index (χ4v) is 3.67. The summed E-state index contributed by atoms with van der Waals surface area (Å²) in [5.41, 5.74) is 7.16. The highest BCUT2D eigenvalue weighted by atomic mass is 32.1. The van der Waals surface area contributed by atoms with Gasteiger partial charge in [-0.1, -0.05) is 23.5 Å². The minimum absolute atomic E-state index is 0.124. The van der Waals surface area contributed by atoms with E-state index in [4.69, 9.17) is 0 Å². The van der Waals surface area contributed by atoms with Gasteiger partial charge in [0.15, 0.2) is 0 Å². The molecule has 3 aromatic heterocycles. The standard InChI is InChI=1S/C19H19N5OS/c1-10-5-6-14-15(7-11(2)21-17(14)12(10)3)18(25)22-13(4)16-8-24-19(23-16)26-9-20-24/h5-9,13H,1-4H3,(H,22,25)/t13-/m1/s1. The minimum atomic E-state index is -0.216. The van der Waals surface area contributed by atoms with Crippen molar-refractivity contribution < 1.29 is 4.79 Å². The summed E-state index contributed by atoms with van der Waals surface area (Å²) in [5.74, 6) is -0.124. The third-order valence-corrected chi connectivity index (χ3v) is 5.36. The summed E-state index contributed by atoms with van der Waals surface area (Å²) in [6.45, 7) is 7.94. The quantitative estimate of drug-likeness (QED) is 0.600. The molecule has 0 bridgehead atoms. The molecule has 0 aliphatic heterocycles. The summed E-state index contributed by atoms with van der Waals surface area (Å²) >= 11 is 1.47. The van der Waals surface area contributed by atoms with E-state index in [1.165, 1.54) is 16.9 Å². The zero-order valence-electron chi connectivity index (χ0n) is 15.1. The number of amides is 1. The Morgan fingerprint density at radius 2 is 2.04 bits per heavy atom. The van der Waals surface area contributed by atoms with Gasteiger partial charge in [0, 0.05) is 11.1 Å². The summed E-state index contributed by atoms with van der Waals surface area (Å²) in [7, 11) is 0. The number of carbonyl (C=O) groups is 1. The van der Waals surface area contributed by atoms with Crippen LogP contribution in [0.4, 0.5) is 0 Å². The van der Waals surface area contributed by atoms with Crippen LogP contribution in [0.25, 0.3) is 15.9 Å². The molecule has 132 valence electrons. The molecule has 4 rings (SSSR count). The van der Waals surface area contributed by atoms with Crippen LogP contribution in [0.3, 0.4) is 0 Å². The molecule has 0 aliphatic rings. The number of hydrogen-bond donors (Lipinski definition) is 1. The van der Waals surface area contributed by atoms with E-state index in [1.807, 2.05) is 45.2 Å². The zero-order valence-corrected chi connectivity index (χ0v) is 15.9. The lowest BCUT2D eigenvalue weighted by Crippen LogP contribution is -2.27. The first-order valence-electron chi connectivity index (χ1n) is 8.41. The average molecular weight is 365 g/mol. The predicted octanol–water partition coefficient (Wildman–Crippen LogP) is 3.76. The molecule has 6 nitrogen and oxygen atoms in total. The van der Waals surface area contributed by atoms with Crippen molar-refractivity contribution in [1.82, 2.24) is 24.9 Å². The molecule has 0 unspecified atom stereocenters. The fraction of sp³-hybridized carbons (Fsp3) is 0.263. The van der Waals surface area contributed by atoms with Gasteiger partial charge in [0.25, 0.3) is 5.91 Å². The average Bonchev–Trinajstić information content (AvgIpc) is 3.19. The van der Waals surface area contributed by atoms with Crippen LogP contribution < -0.4 is 5.32 Å². The van der Waals surface area contributed by atoms with Crippen LogP contribution in [0.15, 0.2) is 29.9 Å². The number of imidazole rings is 1. The van der Waals surface area contributed by atoms with Crippen LogP contribution >= 0.6 is 11.3 Å². The van der Waals surface area contributed by atoms with Crippen molar-refractivity contribution in [2.45, 2.75) is 33.7 Å². The Bertz CT molecular complexity index is 1120. The second-order valence-corrected chi connectivity index (χ2v) is 7.35. The molecule has 0 spiro atoms. The Kier molecular flexibility index (Phi) is 3.96. The van der Waals surface area contributed by atoms with E-state index in [-0.39, 0.29) is 11.9 Å². The number of pyridine rings is 1. The smallest absolute Gasteiger partial charge is 0.252 e. The van der Waals surface area contributed by atoms with Gasteiger partial charge in [-0.15, -0.1) is 0 Å². The molecule has 1 amide bonds. The number of nitrogens with zero attached hydrogens (tertiary/aromatic N) is 4. The van der Waals surface area contributed by atoms with Crippen LogP contribution in [-0.2, 0) is 0 Å². The summed E-state index contributed by atoms with van der Waals surface area (Å²) in [4.78, 5) is 22.9. The first kappa shape index (κ1) is 16.7. The van der Waals surface area contributed by atoms with Gasteiger partial charge in [-0.05, 0) is 44.9 Å². The van der Waals surface area contributed by atoms with Crippen LogP contribution in [-0.4, -0.2) is 25.5 Å². The van der Waals surface area contributed by atoms with Crippen molar-refractivity contribution in [2.75, 3.05) is 0 Å². The normalized spacial score (nSPS) is 12.6. The van der Waals surface area contributed by atoms with Gasteiger partial charge < -0.3 is 5.32 Å². The molecule has 1 N–H and O–H groups in total. The van der Waals surface area contributed by atoms with Crippen LogP contribution in [0, 0.1) is 20.8 Å². The Morgan fingerprint density at radius 1 is 1.23 bits per heavy atom. The Hall–Kier alpha value is -2.80. The molecule has 0 saturated heterocycles. The molecule has 4 aromatic rings. The molecule has 1 atom stereocenters. The minimum Gasteiger partial charge on any atom is -0.344 e. The molecule has 1 aromatic carbocycles. The Balaban J connectivity index is 1.69. The maximum Gasteiger partial charge on any atom is 0.252 e. The number of nitrogens with one attached hydrogen (secondary N) is 1. The summed E-state index contributed by atoms with van der Waals surface area (Å²) < 4.78 is 1.72. The maximum absolute atomic E-state index is 13.0.